The molecule has 7 nitrogen and oxygen atoms in total. The van der Waals surface area contributed by atoms with Crippen LogP contribution in [0.15, 0.2) is 31.2 Å². The lowest BCUT2D eigenvalue weighted by Gasteiger charge is -2.10. The predicted octanol–water partition coefficient (Wildman–Crippen LogP) is 3.63. The van der Waals surface area contributed by atoms with E-state index < -0.39 is 5.97 Å². The summed E-state index contributed by atoms with van der Waals surface area (Å²) in [5.74, 6) is 0.376. The third-order valence-corrected chi connectivity index (χ3v) is 4.35. The summed E-state index contributed by atoms with van der Waals surface area (Å²) in [6.07, 6.45) is 2.08. The molecule has 2 aromatic rings. The van der Waals surface area contributed by atoms with E-state index in [4.69, 9.17) is 13.9 Å². The fourth-order valence-electron chi connectivity index (χ4n) is 1.82. The van der Waals surface area contributed by atoms with Gasteiger partial charge < -0.3 is 19.0 Å². The molecule has 0 aliphatic rings. The van der Waals surface area contributed by atoms with Crippen molar-refractivity contribution in [3.05, 3.63) is 33.0 Å². The first kappa shape index (κ1) is 18.3. The van der Waals surface area contributed by atoms with Crippen molar-refractivity contribution in [2.45, 2.75) is 18.6 Å². The van der Waals surface area contributed by atoms with E-state index in [1.54, 1.807) is 12.1 Å². The first-order chi connectivity index (χ1) is 11.5. The number of aliphatic carboxylic acids is 1. The van der Waals surface area contributed by atoms with E-state index in [0.717, 1.165) is 11.8 Å². The zero-order valence-corrected chi connectivity index (χ0v) is 15.6. The van der Waals surface area contributed by atoms with Crippen LogP contribution >= 0.6 is 27.7 Å². The Morgan fingerprint density at radius 3 is 2.67 bits per heavy atom. The number of carboxylic acids is 1. The number of ether oxygens (including phenoxy) is 2. The molecule has 0 bridgehead atoms. The van der Waals surface area contributed by atoms with Crippen LogP contribution in [0.5, 0.6) is 11.5 Å². The summed E-state index contributed by atoms with van der Waals surface area (Å²) in [7, 11) is 3.03. The maximum atomic E-state index is 11.5. The summed E-state index contributed by atoms with van der Waals surface area (Å²) in [5, 5.41) is 17.2. The predicted molar refractivity (Wildman–Crippen MR) is 92.4 cm³/mol. The number of carboxylic acid groups (broad SMARTS) is 1. The topological polar surface area (TPSA) is 94.7 Å². The third kappa shape index (κ3) is 4.30. The van der Waals surface area contributed by atoms with Crippen molar-refractivity contribution in [3.63, 3.8) is 0 Å². The number of methoxy groups -OCH3 is 2. The largest absolute Gasteiger partial charge is 0.493 e. The molecule has 1 N–H and O–H groups in total. The Morgan fingerprint density at radius 2 is 2.12 bits per heavy atom. The molecule has 0 saturated carbocycles. The van der Waals surface area contributed by atoms with Gasteiger partial charge in [0.2, 0.25) is 5.89 Å². The second kappa shape index (κ2) is 8.20. The van der Waals surface area contributed by atoms with Gasteiger partial charge in [-0.2, -0.15) is 0 Å². The second-order valence-corrected chi connectivity index (χ2v) is 6.32. The standard InChI is InChI=1S/C15H15BrN2O5S/c1-4-12-17-18-15(23-12)24-11(14(19)20)7-8-5-9(16)13(22-3)10(6-8)21-2/h5-7H,4H2,1-3H3,(H,19,20)/b11-7-. The number of thioether (sulfide) groups is 1. The highest BCUT2D eigenvalue weighted by Crippen LogP contribution is 2.37. The van der Waals surface area contributed by atoms with E-state index in [9.17, 15) is 9.90 Å². The molecule has 0 saturated heterocycles. The molecule has 128 valence electrons. The van der Waals surface area contributed by atoms with Gasteiger partial charge in [0.05, 0.1) is 18.7 Å². The molecule has 0 fully saturated rings. The van der Waals surface area contributed by atoms with Gasteiger partial charge in [-0.25, -0.2) is 4.79 Å². The molecule has 2 rings (SSSR count). The van der Waals surface area contributed by atoms with Gasteiger partial charge in [-0.1, -0.05) is 6.92 Å². The number of carbonyl (C=O) groups is 1. The van der Waals surface area contributed by atoms with Crippen molar-refractivity contribution < 1.29 is 23.8 Å². The SMILES string of the molecule is CCc1nnc(S/C(=C\c2cc(Br)c(OC)c(OC)c2)C(=O)O)o1. The number of aryl methyl sites for hydroxylation is 1. The summed E-state index contributed by atoms with van der Waals surface area (Å²) in [6, 6.07) is 3.41. The Bertz CT molecular complexity index is 775. The Balaban J connectivity index is 2.37. The van der Waals surface area contributed by atoms with Gasteiger partial charge >= 0.3 is 5.97 Å². The van der Waals surface area contributed by atoms with Gasteiger partial charge in [-0.15, -0.1) is 10.2 Å². The number of aromatic nitrogens is 2. The van der Waals surface area contributed by atoms with Gasteiger partial charge in [0, 0.05) is 6.42 Å². The molecule has 1 aromatic carbocycles. The number of halogens is 1. The number of benzene rings is 1. The van der Waals surface area contributed by atoms with Gasteiger partial charge in [0.15, 0.2) is 11.5 Å². The normalized spacial score (nSPS) is 11.4. The van der Waals surface area contributed by atoms with Gasteiger partial charge in [-0.05, 0) is 51.5 Å². The average molecular weight is 415 g/mol. The van der Waals surface area contributed by atoms with Crippen LogP contribution in [0.2, 0.25) is 0 Å². The van der Waals surface area contributed by atoms with Crippen LogP contribution in [0, 0.1) is 0 Å². The lowest BCUT2D eigenvalue weighted by Crippen LogP contribution is -1.97. The van der Waals surface area contributed by atoms with Crippen LogP contribution in [-0.4, -0.2) is 35.5 Å². The number of nitrogens with zero attached hydrogens (tertiary/aromatic N) is 2. The highest BCUT2D eigenvalue weighted by molar-refractivity contribution is 9.10. The molecule has 0 aliphatic heterocycles. The molecular weight excluding hydrogens is 400 g/mol. The van der Waals surface area contributed by atoms with Crippen LogP contribution in [-0.2, 0) is 11.2 Å². The van der Waals surface area contributed by atoms with Crippen LogP contribution < -0.4 is 9.47 Å². The summed E-state index contributed by atoms with van der Waals surface area (Å²) < 4.78 is 16.5. The van der Waals surface area contributed by atoms with E-state index in [2.05, 4.69) is 26.1 Å². The summed E-state index contributed by atoms with van der Waals surface area (Å²) in [6.45, 7) is 1.87. The molecule has 0 atom stereocenters. The Hall–Kier alpha value is -2.00. The van der Waals surface area contributed by atoms with Crippen molar-refractivity contribution in [1.82, 2.24) is 10.2 Å². The van der Waals surface area contributed by atoms with Crippen LogP contribution in [0.1, 0.15) is 18.4 Å². The molecule has 0 amide bonds. The minimum atomic E-state index is -1.10. The lowest BCUT2D eigenvalue weighted by atomic mass is 10.2. The number of hydrogen-bond donors (Lipinski definition) is 1. The van der Waals surface area contributed by atoms with E-state index in [-0.39, 0.29) is 10.1 Å². The van der Waals surface area contributed by atoms with Crippen molar-refractivity contribution in [1.29, 1.82) is 0 Å². The first-order valence-corrected chi connectivity index (χ1v) is 8.46. The van der Waals surface area contributed by atoms with Crippen LogP contribution in [0.4, 0.5) is 0 Å². The highest BCUT2D eigenvalue weighted by Gasteiger charge is 2.16. The molecule has 0 aliphatic carbocycles. The van der Waals surface area contributed by atoms with Crippen LogP contribution in [0.25, 0.3) is 6.08 Å². The van der Waals surface area contributed by atoms with Gasteiger partial charge in [0.1, 0.15) is 4.91 Å². The molecule has 0 unspecified atom stereocenters. The highest BCUT2D eigenvalue weighted by atomic mass is 79.9. The second-order valence-electron chi connectivity index (χ2n) is 4.47. The lowest BCUT2D eigenvalue weighted by molar-refractivity contribution is -0.131. The zero-order chi connectivity index (χ0) is 17.7. The Kier molecular flexibility index (Phi) is 6.27. The maximum Gasteiger partial charge on any atom is 0.342 e. The number of hydrogen-bond acceptors (Lipinski definition) is 7. The molecule has 1 aromatic heterocycles. The van der Waals surface area contributed by atoms with Gasteiger partial charge in [-0.3, -0.25) is 0 Å². The molecule has 24 heavy (non-hydrogen) atoms. The number of rotatable bonds is 7. The maximum absolute atomic E-state index is 11.5. The molecule has 1 heterocycles. The van der Waals surface area contributed by atoms with Crippen molar-refractivity contribution in [2.24, 2.45) is 0 Å². The minimum Gasteiger partial charge on any atom is -0.493 e. The minimum absolute atomic E-state index is 0.0421. The monoisotopic (exact) mass is 414 g/mol. The fourth-order valence-corrected chi connectivity index (χ4v) is 3.14. The van der Waals surface area contributed by atoms with E-state index in [1.807, 2.05) is 6.92 Å². The van der Waals surface area contributed by atoms with E-state index in [1.165, 1.54) is 20.3 Å². The smallest absolute Gasteiger partial charge is 0.342 e. The molecule has 0 spiro atoms. The molecule has 9 heteroatoms. The van der Waals surface area contributed by atoms with Crippen molar-refractivity contribution in [3.8, 4) is 11.5 Å². The molecular formula is C15H15BrN2O5S. The van der Waals surface area contributed by atoms with E-state index >= 15 is 0 Å². The van der Waals surface area contributed by atoms with E-state index in [0.29, 0.717) is 33.8 Å². The van der Waals surface area contributed by atoms with Crippen LogP contribution in [0.3, 0.4) is 0 Å². The summed E-state index contributed by atoms with van der Waals surface area (Å²) in [4.78, 5) is 11.5. The third-order valence-electron chi connectivity index (χ3n) is 2.91. The Morgan fingerprint density at radius 1 is 1.38 bits per heavy atom. The average Bonchev–Trinajstić information content (AvgIpc) is 3.01. The quantitative estimate of drug-likeness (QED) is 0.541. The van der Waals surface area contributed by atoms with Crippen molar-refractivity contribution >= 4 is 39.7 Å². The summed E-state index contributed by atoms with van der Waals surface area (Å²) in [5.41, 5.74) is 0.625. The Labute approximate surface area is 151 Å². The van der Waals surface area contributed by atoms with Gasteiger partial charge in [0.25, 0.3) is 5.22 Å². The fraction of sp³-hybridized carbons (Fsp3) is 0.267. The van der Waals surface area contributed by atoms with Crippen molar-refractivity contribution in [2.75, 3.05) is 14.2 Å². The first-order valence-electron chi connectivity index (χ1n) is 6.85. The molecule has 0 radical (unpaired) electrons. The zero-order valence-electron chi connectivity index (χ0n) is 13.2. The summed E-state index contributed by atoms with van der Waals surface area (Å²) >= 11 is 4.27.